The largest absolute Gasteiger partial charge is 0.306 e. The van der Waals surface area contributed by atoms with Gasteiger partial charge >= 0.3 is 0 Å². The molecule has 1 aliphatic heterocycles. The number of hydrogen-bond donors (Lipinski definition) is 0. The number of hydrogen-bond acceptors (Lipinski definition) is 3. The molecule has 0 fully saturated rings. The van der Waals surface area contributed by atoms with Gasteiger partial charge in [0.05, 0.1) is 17.1 Å². The van der Waals surface area contributed by atoms with Crippen molar-refractivity contribution in [2.75, 3.05) is 11.4 Å². The first kappa shape index (κ1) is 19.9. The van der Waals surface area contributed by atoms with Crippen LogP contribution in [-0.4, -0.2) is 27.5 Å². The molecule has 0 spiro atoms. The number of aliphatic imine (C=N–C) groups is 1. The highest BCUT2D eigenvalue weighted by Gasteiger charge is 2.34. The number of anilines is 1. The summed E-state index contributed by atoms with van der Waals surface area (Å²) in [5, 5.41) is 0. The molecule has 154 valence electrons. The predicted molar refractivity (Wildman–Crippen MR) is 120 cm³/mol. The maximum absolute atomic E-state index is 13.2. The molecule has 3 aromatic rings. The lowest BCUT2D eigenvalue weighted by Gasteiger charge is -2.17. The van der Waals surface area contributed by atoms with Gasteiger partial charge in [-0.1, -0.05) is 50.2 Å². The molecule has 1 aromatic heterocycles. The Kier molecular flexibility index (Phi) is 5.16. The minimum Gasteiger partial charge on any atom is -0.306 e. The highest BCUT2D eigenvalue weighted by atomic mass is 16.2. The first-order valence-corrected chi connectivity index (χ1v) is 10.2. The molecule has 6 heteroatoms. The van der Waals surface area contributed by atoms with Crippen LogP contribution in [0.2, 0.25) is 0 Å². The maximum atomic E-state index is 13.2. The van der Waals surface area contributed by atoms with E-state index in [0.29, 0.717) is 29.6 Å². The van der Waals surface area contributed by atoms with Crippen molar-refractivity contribution in [1.29, 1.82) is 0 Å². The van der Waals surface area contributed by atoms with E-state index in [-0.39, 0.29) is 11.5 Å². The summed E-state index contributed by atoms with van der Waals surface area (Å²) >= 11 is 0. The van der Waals surface area contributed by atoms with E-state index in [1.807, 2.05) is 68.6 Å². The van der Waals surface area contributed by atoms with Gasteiger partial charge in [0.2, 0.25) is 0 Å². The smallest absolute Gasteiger partial charge is 0.297 e. The molecule has 0 saturated heterocycles. The SMILES string of the molecule is Cc1c(N=C2C(=O)N(CCC(C)C)c3ccccc32)c(=O)n(-c2ccccc2)n1C. The molecule has 30 heavy (non-hydrogen) atoms. The second-order valence-electron chi connectivity index (χ2n) is 8.03. The number of aromatic nitrogens is 2. The van der Waals surface area contributed by atoms with Crippen LogP contribution in [-0.2, 0) is 11.8 Å². The summed E-state index contributed by atoms with van der Waals surface area (Å²) in [6.45, 7) is 6.76. The van der Waals surface area contributed by atoms with Crippen molar-refractivity contribution in [3.05, 3.63) is 76.2 Å². The maximum Gasteiger partial charge on any atom is 0.297 e. The van der Waals surface area contributed by atoms with E-state index in [9.17, 15) is 9.59 Å². The molecule has 2 aromatic carbocycles. The Balaban J connectivity index is 1.83. The molecule has 0 aliphatic carbocycles. The van der Waals surface area contributed by atoms with E-state index >= 15 is 0 Å². The normalized spacial score (nSPS) is 14.8. The van der Waals surface area contributed by atoms with Gasteiger partial charge in [-0.25, -0.2) is 9.67 Å². The van der Waals surface area contributed by atoms with Gasteiger partial charge in [0.25, 0.3) is 11.5 Å². The van der Waals surface area contributed by atoms with E-state index in [2.05, 4.69) is 18.8 Å². The van der Waals surface area contributed by atoms with E-state index in [1.165, 1.54) is 0 Å². The zero-order valence-electron chi connectivity index (χ0n) is 17.8. The third-order valence-electron chi connectivity index (χ3n) is 5.58. The van der Waals surface area contributed by atoms with Crippen LogP contribution in [0.5, 0.6) is 0 Å². The third-order valence-corrected chi connectivity index (χ3v) is 5.58. The molecule has 4 rings (SSSR count). The van der Waals surface area contributed by atoms with Crippen molar-refractivity contribution in [3.63, 3.8) is 0 Å². The van der Waals surface area contributed by atoms with Crippen molar-refractivity contribution >= 4 is 23.0 Å². The minimum absolute atomic E-state index is 0.147. The van der Waals surface area contributed by atoms with Gasteiger partial charge in [-0.15, -0.1) is 0 Å². The molecule has 1 aliphatic rings. The number of carbonyl (C=O) groups is 1. The fourth-order valence-electron chi connectivity index (χ4n) is 3.77. The molecule has 0 bridgehead atoms. The van der Waals surface area contributed by atoms with Crippen LogP contribution < -0.4 is 10.5 Å². The molecule has 6 nitrogen and oxygen atoms in total. The minimum atomic E-state index is -0.236. The summed E-state index contributed by atoms with van der Waals surface area (Å²) in [5.41, 5.74) is 3.50. The Labute approximate surface area is 176 Å². The highest BCUT2D eigenvalue weighted by Crippen LogP contribution is 2.31. The molecule has 1 amide bonds. The fraction of sp³-hybridized carbons (Fsp3) is 0.292. The topological polar surface area (TPSA) is 59.6 Å². The first-order valence-electron chi connectivity index (χ1n) is 10.2. The number of para-hydroxylation sites is 2. The van der Waals surface area contributed by atoms with Crippen LogP contribution in [0.15, 0.2) is 64.4 Å². The third kappa shape index (κ3) is 3.28. The van der Waals surface area contributed by atoms with Crippen molar-refractivity contribution in [2.24, 2.45) is 18.0 Å². The van der Waals surface area contributed by atoms with Crippen molar-refractivity contribution < 1.29 is 4.79 Å². The Morgan fingerprint density at radius 2 is 1.63 bits per heavy atom. The van der Waals surface area contributed by atoms with Crippen LogP contribution in [0.3, 0.4) is 0 Å². The average molecular weight is 402 g/mol. The standard InChI is InChI=1S/C24H26N4O2/c1-16(2)14-15-27-20-13-9-8-12-19(20)22(23(27)29)25-21-17(3)26(4)28(24(21)30)18-10-6-5-7-11-18/h5-13,16H,14-15H2,1-4H3. The molecule has 0 unspecified atom stereocenters. The highest BCUT2D eigenvalue weighted by molar-refractivity contribution is 6.54. The quantitative estimate of drug-likeness (QED) is 0.648. The molecule has 0 N–H and O–H groups in total. The van der Waals surface area contributed by atoms with Gasteiger partial charge in [-0.2, -0.15) is 0 Å². The number of rotatable bonds is 5. The number of carbonyl (C=O) groups excluding carboxylic acids is 1. The van der Waals surface area contributed by atoms with Crippen molar-refractivity contribution in [2.45, 2.75) is 27.2 Å². The zero-order chi connectivity index (χ0) is 21.4. The van der Waals surface area contributed by atoms with Crippen LogP contribution in [0, 0.1) is 12.8 Å². The van der Waals surface area contributed by atoms with Gasteiger partial charge in [0, 0.05) is 19.2 Å². The second-order valence-corrected chi connectivity index (χ2v) is 8.03. The van der Waals surface area contributed by atoms with Crippen LogP contribution in [0.1, 0.15) is 31.5 Å². The monoisotopic (exact) mass is 402 g/mol. The van der Waals surface area contributed by atoms with E-state index < -0.39 is 0 Å². The number of nitrogens with zero attached hydrogens (tertiary/aromatic N) is 4. The van der Waals surface area contributed by atoms with Crippen LogP contribution >= 0.6 is 0 Å². The Morgan fingerprint density at radius 3 is 2.33 bits per heavy atom. The number of benzene rings is 2. The lowest BCUT2D eigenvalue weighted by atomic mass is 10.1. The van der Waals surface area contributed by atoms with Crippen molar-refractivity contribution in [1.82, 2.24) is 9.36 Å². The molecule has 2 heterocycles. The fourth-order valence-corrected chi connectivity index (χ4v) is 3.77. The Hall–Kier alpha value is -3.41. The number of fused-ring (bicyclic) bond motifs is 1. The molecule has 0 atom stereocenters. The summed E-state index contributed by atoms with van der Waals surface area (Å²) in [6.07, 6.45) is 0.901. The second kappa shape index (κ2) is 7.78. The first-order chi connectivity index (χ1) is 14.4. The van der Waals surface area contributed by atoms with Crippen molar-refractivity contribution in [3.8, 4) is 5.69 Å². The van der Waals surface area contributed by atoms with Crippen LogP contribution in [0.4, 0.5) is 11.4 Å². The van der Waals surface area contributed by atoms with Gasteiger partial charge in [0.1, 0.15) is 5.71 Å². The number of amides is 1. The van der Waals surface area contributed by atoms with Gasteiger partial charge in [-0.3, -0.25) is 14.3 Å². The predicted octanol–water partition coefficient (Wildman–Crippen LogP) is 4.00. The van der Waals surface area contributed by atoms with Gasteiger partial charge in [0.15, 0.2) is 5.69 Å². The van der Waals surface area contributed by atoms with E-state index in [1.54, 1.807) is 14.3 Å². The summed E-state index contributed by atoms with van der Waals surface area (Å²) in [6, 6.07) is 17.1. The Bertz CT molecular complexity index is 1190. The summed E-state index contributed by atoms with van der Waals surface area (Å²) < 4.78 is 3.36. The lowest BCUT2D eigenvalue weighted by molar-refractivity contribution is -0.112. The summed E-state index contributed by atoms with van der Waals surface area (Å²) in [7, 11) is 1.83. The van der Waals surface area contributed by atoms with Crippen LogP contribution in [0.25, 0.3) is 5.69 Å². The van der Waals surface area contributed by atoms with E-state index in [0.717, 1.165) is 23.4 Å². The molecular formula is C24H26N4O2. The average Bonchev–Trinajstić information content (AvgIpc) is 3.12. The Morgan fingerprint density at radius 1 is 0.967 bits per heavy atom. The van der Waals surface area contributed by atoms with Gasteiger partial charge < -0.3 is 4.90 Å². The van der Waals surface area contributed by atoms with E-state index in [4.69, 9.17) is 0 Å². The molecule has 0 saturated carbocycles. The lowest BCUT2D eigenvalue weighted by Crippen LogP contribution is -2.31. The summed E-state index contributed by atoms with van der Waals surface area (Å²) in [4.78, 5) is 32.9. The summed E-state index contributed by atoms with van der Waals surface area (Å²) in [5.74, 6) is 0.339. The van der Waals surface area contributed by atoms with Gasteiger partial charge in [-0.05, 0) is 37.5 Å². The molecule has 0 radical (unpaired) electrons. The zero-order valence-corrected chi connectivity index (χ0v) is 17.8. The molecular weight excluding hydrogens is 376 g/mol.